The summed E-state index contributed by atoms with van der Waals surface area (Å²) in [6, 6.07) is 8.51. The third-order valence-electron chi connectivity index (χ3n) is 4.31. The Labute approximate surface area is 169 Å². The first-order valence-electron chi connectivity index (χ1n) is 9.17. The van der Waals surface area contributed by atoms with E-state index in [4.69, 9.17) is 9.47 Å². The van der Waals surface area contributed by atoms with Gasteiger partial charge in [0, 0.05) is 24.4 Å². The van der Waals surface area contributed by atoms with E-state index in [1.165, 1.54) is 16.4 Å². The molecule has 28 heavy (non-hydrogen) atoms. The highest BCUT2D eigenvalue weighted by Crippen LogP contribution is 2.30. The number of hydrogen-bond acceptors (Lipinski definition) is 6. The van der Waals surface area contributed by atoms with Gasteiger partial charge in [-0.05, 0) is 43.0 Å². The van der Waals surface area contributed by atoms with Crippen LogP contribution in [0, 0.1) is 0 Å². The number of nitrogens with zero attached hydrogens (tertiary/aromatic N) is 1. The molecule has 1 aromatic carbocycles. The Balaban J connectivity index is 1.77. The predicted octanol–water partition coefficient (Wildman–Crippen LogP) is 2.74. The zero-order valence-electron chi connectivity index (χ0n) is 15.7. The first kappa shape index (κ1) is 20.8. The lowest BCUT2D eigenvalue weighted by Crippen LogP contribution is -2.40. The molecule has 7 nitrogen and oxygen atoms in total. The normalized spacial score (nSPS) is 15.3. The zero-order valence-corrected chi connectivity index (χ0v) is 17.4. The van der Waals surface area contributed by atoms with Crippen LogP contribution in [-0.4, -0.2) is 51.5 Å². The second-order valence-electron chi connectivity index (χ2n) is 6.23. The number of ether oxygens (including phenoxy) is 2. The summed E-state index contributed by atoms with van der Waals surface area (Å²) in [5.74, 6) is 0.267. The maximum atomic E-state index is 12.9. The van der Waals surface area contributed by atoms with Crippen LogP contribution in [0.4, 0.5) is 5.69 Å². The van der Waals surface area contributed by atoms with E-state index in [1.54, 1.807) is 17.4 Å². The fraction of sp³-hybridized carbons (Fsp3) is 0.421. The molecular weight excluding hydrogens is 400 g/mol. The lowest BCUT2D eigenvalue weighted by molar-refractivity contribution is -0.116. The third kappa shape index (κ3) is 5.11. The second kappa shape index (κ2) is 9.51. The fourth-order valence-corrected chi connectivity index (χ4v) is 5.03. The molecule has 3 rings (SSSR count). The molecule has 1 fully saturated rings. The Bertz CT molecular complexity index is 891. The standard InChI is InChI=1S/C19H24N2O5S2/c1-2-26-18-7-6-16(28(23,24)21-9-11-25-12-10-21)14-17(18)20-19(22)8-5-15-4-3-13-27-15/h3-4,6-7,13-14H,2,5,8-12H2,1H3,(H,20,22). The van der Waals surface area contributed by atoms with Crippen molar-refractivity contribution in [3.05, 3.63) is 40.6 Å². The van der Waals surface area contributed by atoms with E-state index in [1.807, 2.05) is 24.4 Å². The highest BCUT2D eigenvalue weighted by Gasteiger charge is 2.27. The molecule has 0 aliphatic carbocycles. The van der Waals surface area contributed by atoms with Gasteiger partial charge < -0.3 is 14.8 Å². The minimum Gasteiger partial charge on any atom is -0.492 e. The fourth-order valence-electron chi connectivity index (χ4n) is 2.89. The van der Waals surface area contributed by atoms with E-state index >= 15 is 0 Å². The summed E-state index contributed by atoms with van der Waals surface area (Å²) in [6.45, 7) is 3.63. The Morgan fingerprint density at radius 2 is 2.07 bits per heavy atom. The Morgan fingerprint density at radius 3 is 2.75 bits per heavy atom. The van der Waals surface area contributed by atoms with Crippen LogP contribution in [0.1, 0.15) is 18.2 Å². The van der Waals surface area contributed by atoms with Crippen molar-refractivity contribution < 1.29 is 22.7 Å². The number of carbonyl (C=O) groups excluding carboxylic acids is 1. The molecule has 0 spiro atoms. The average Bonchev–Trinajstić information content (AvgIpc) is 3.22. The number of nitrogens with one attached hydrogen (secondary N) is 1. The summed E-state index contributed by atoms with van der Waals surface area (Å²) in [7, 11) is -3.65. The van der Waals surface area contributed by atoms with Gasteiger partial charge >= 0.3 is 0 Å². The van der Waals surface area contributed by atoms with Crippen molar-refractivity contribution >= 4 is 33.0 Å². The Kier molecular flexibility index (Phi) is 7.06. The molecule has 1 aromatic heterocycles. The van der Waals surface area contributed by atoms with Gasteiger partial charge in [0.1, 0.15) is 5.75 Å². The van der Waals surface area contributed by atoms with Crippen molar-refractivity contribution in [2.45, 2.75) is 24.7 Å². The topological polar surface area (TPSA) is 84.9 Å². The maximum Gasteiger partial charge on any atom is 0.243 e. The Hall–Kier alpha value is -1.94. The molecule has 152 valence electrons. The van der Waals surface area contributed by atoms with Gasteiger partial charge in [0.15, 0.2) is 0 Å². The quantitative estimate of drug-likeness (QED) is 0.704. The first-order chi connectivity index (χ1) is 13.5. The van der Waals surface area contributed by atoms with Crippen molar-refractivity contribution in [1.82, 2.24) is 4.31 Å². The van der Waals surface area contributed by atoms with Crippen LogP contribution in [0.25, 0.3) is 0 Å². The van der Waals surface area contributed by atoms with E-state index in [0.29, 0.717) is 57.2 Å². The molecule has 1 aliphatic heterocycles. The molecule has 9 heteroatoms. The zero-order chi connectivity index (χ0) is 20.0. The summed E-state index contributed by atoms with van der Waals surface area (Å²) in [5.41, 5.74) is 0.368. The van der Waals surface area contributed by atoms with Crippen LogP contribution in [-0.2, 0) is 26.0 Å². The SMILES string of the molecule is CCOc1ccc(S(=O)(=O)N2CCOCC2)cc1NC(=O)CCc1cccs1. The van der Waals surface area contributed by atoms with Gasteiger partial charge in [0.2, 0.25) is 15.9 Å². The third-order valence-corrected chi connectivity index (χ3v) is 7.14. The minimum atomic E-state index is -3.65. The first-order valence-corrected chi connectivity index (χ1v) is 11.5. The summed E-state index contributed by atoms with van der Waals surface area (Å²) < 4.78 is 38.0. The lowest BCUT2D eigenvalue weighted by Gasteiger charge is -2.26. The van der Waals surface area contributed by atoms with Crippen molar-refractivity contribution in [1.29, 1.82) is 0 Å². The van der Waals surface area contributed by atoms with Gasteiger partial charge in [-0.1, -0.05) is 6.07 Å². The van der Waals surface area contributed by atoms with Gasteiger partial charge in [-0.25, -0.2) is 8.42 Å². The number of anilines is 1. The monoisotopic (exact) mass is 424 g/mol. The van der Waals surface area contributed by atoms with Crippen LogP contribution in [0.15, 0.2) is 40.6 Å². The van der Waals surface area contributed by atoms with Crippen LogP contribution in [0.2, 0.25) is 0 Å². The van der Waals surface area contributed by atoms with Gasteiger partial charge in [-0.3, -0.25) is 4.79 Å². The molecule has 0 atom stereocenters. The van der Waals surface area contributed by atoms with Crippen LogP contribution in [0.5, 0.6) is 5.75 Å². The molecule has 0 unspecified atom stereocenters. The molecule has 0 radical (unpaired) electrons. The van der Waals surface area contributed by atoms with E-state index in [2.05, 4.69) is 5.32 Å². The number of thiophene rings is 1. The number of benzene rings is 1. The largest absolute Gasteiger partial charge is 0.492 e. The predicted molar refractivity (Wildman–Crippen MR) is 108 cm³/mol. The number of morpholine rings is 1. The van der Waals surface area contributed by atoms with Crippen molar-refractivity contribution in [2.75, 3.05) is 38.2 Å². The van der Waals surface area contributed by atoms with Gasteiger partial charge in [0.05, 0.1) is 30.4 Å². The number of aryl methyl sites for hydroxylation is 1. The van der Waals surface area contributed by atoms with Gasteiger partial charge in [-0.2, -0.15) is 4.31 Å². The molecule has 0 saturated carbocycles. The lowest BCUT2D eigenvalue weighted by atomic mass is 10.2. The number of hydrogen-bond donors (Lipinski definition) is 1. The molecule has 1 amide bonds. The van der Waals surface area contributed by atoms with E-state index < -0.39 is 10.0 Å². The molecule has 1 N–H and O–H groups in total. The molecule has 0 bridgehead atoms. The highest BCUT2D eigenvalue weighted by molar-refractivity contribution is 7.89. The molecule has 2 heterocycles. The second-order valence-corrected chi connectivity index (χ2v) is 9.21. The highest BCUT2D eigenvalue weighted by atomic mass is 32.2. The summed E-state index contributed by atoms with van der Waals surface area (Å²) in [4.78, 5) is 13.6. The summed E-state index contributed by atoms with van der Waals surface area (Å²) >= 11 is 1.60. The van der Waals surface area contributed by atoms with Gasteiger partial charge in [0.25, 0.3) is 0 Å². The Morgan fingerprint density at radius 1 is 1.29 bits per heavy atom. The van der Waals surface area contributed by atoms with Crippen molar-refractivity contribution in [3.63, 3.8) is 0 Å². The van der Waals surface area contributed by atoms with Crippen molar-refractivity contribution in [3.8, 4) is 5.75 Å². The number of rotatable bonds is 8. The van der Waals surface area contributed by atoms with E-state index in [9.17, 15) is 13.2 Å². The van der Waals surface area contributed by atoms with Crippen LogP contribution >= 0.6 is 11.3 Å². The number of sulfonamides is 1. The smallest absolute Gasteiger partial charge is 0.243 e. The number of amides is 1. The minimum absolute atomic E-state index is 0.131. The van der Waals surface area contributed by atoms with Crippen molar-refractivity contribution in [2.24, 2.45) is 0 Å². The number of carbonyl (C=O) groups is 1. The summed E-state index contributed by atoms with van der Waals surface area (Å²) in [5, 5.41) is 4.78. The molecular formula is C19H24N2O5S2. The maximum absolute atomic E-state index is 12.9. The average molecular weight is 425 g/mol. The van der Waals surface area contributed by atoms with Crippen LogP contribution < -0.4 is 10.1 Å². The van der Waals surface area contributed by atoms with E-state index in [-0.39, 0.29) is 10.8 Å². The molecule has 1 saturated heterocycles. The van der Waals surface area contributed by atoms with Crippen LogP contribution in [0.3, 0.4) is 0 Å². The summed E-state index contributed by atoms with van der Waals surface area (Å²) in [6.07, 6.45) is 0.950. The molecule has 2 aromatic rings. The molecule has 1 aliphatic rings. The van der Waals surface area contributed by atoms with E-state index in [0.717, 1.165) is 4.88 Å². The van der Waals surface area contributed by atoms with Gasteiger partial charge in [-0.15, -0.1) is 11.3 Å².